The van der Waals surface area contributed by atoms with E-state index in [9.17, 15) is 9.90 Å². The van der Waals surface area contributed by atoms with Crippen molar-refractivity contribution in [3.05, 3.63) is 35.2 Å². The van der Waals surface area contributed by atoms with Crippen LogP contribution in [-0.2, 0) is 4.79 Å². The number of aliphatic hydroxyl groups is 1. The van der Waals surface area contributed by atoms with E-state index in [0.717, 1.165) is 10.1 Å². The van der Waals surface area contributed by atoms with Gasteiger partial charge in [-0.25, -0.2) is 4.79 Å². The second kappa shape index (κ2) is 3.40. The summed E-state index contributed by atoms with van der Waals surface area (Å²) in [4.78, 5) is 10.6. The number of fused-ring (bicyclic) bond motifs is 1. The zero-order valence-electron chi connectivity index (χ0n) is 7.18. The number of carboxylic acid groups (broad SMARTS) is 1. The highest BCUT2D eigenvalue weighted by Crippen LogP contribution is 2.30. The molecule has 0 spiro atoms. The molecule has 1 aromatic carbocycles. The number of hydrogen-bond donors (Lipinski definition) is 2. The highest BCUT2D eigenvalue weighted by Gasteiger charge is 2.19. The zero-order valence-corrected chi connectivity index (χ0v) is 7.99. The molecule has 14 heavy (non-hydrogen) atoms. The van der Waals surface area contributed by atoms with Crippen LogP contribution in [0.2, 0.25) is 0 Å². The Hall–Kier alpha value is -1.39. The maximum atomic E-state index is 10.6. The molecule has 2 aromatic rings. The van der Waals surface area contributed by atoms with Crippen LogP contribution >= 0.6 is 11.3 Å². The predicted molar refractivity (Wildman–Crippen MR) is 54.4 cm³/mol. The van der Waals surface area contributed by atoms with Gasteiger partial charge < -0.3 is 10.2 Å². The zero-order chi connectivity index (χ0) is 10.1. The smallest absolute Gasteiger partial charge is 0.337 e. The quantitative estimate of drug-likeness (QED) is 0.793. The lowest BCUT2D eigenvalue weighted by molar-refractivity contribution is -0.146. The van der Waals surface area contributed by atoms with Crippen molar-refractivity contribution in [2.24, 2.45) is 0 Å². The van der Waals surface area contributed by atoms with Crippen LogP contribution in [0.15, 0.2) is 29.6 Å². The Morgan fingerprint density at radius 3 is 2.79 bits per heavy atom. The van der Waals surface area contributed by atoms with E-state index in [-0.39, 0.29) is 0 Å². The van der Waals surface area contributed by atoms with E-state index >= 15 is 0 Å². The Kier molecular flexibility index (Phi) is 2.23. The Balaban J connectivity index is 2.58. The van der Waals surface area contributed by atoms with Crippen molar-refractivity contribution in [3.8, 4) is 0 Å². The third-order valence-corrected chi connectivity index (χ3v) is 3.02. The molecule has 0 fully saturated rings. The van der Waals surface area contributed by atoms with Gasteiger partial charge >= 0.3 is 5.97 Å². The highest BCUT2D eigenvalue weighted by atomic mass is 32.1. The fraction of sp³-hybridized carbons (Fsp3) is 0.100. The first-order valence-electron chi connectivity index (χ1n) is 4.07. The molecule has 72 valence electrons. The third-order valence-electron chi connectivity index (χ3n) is 2.04. The highest BCUT2D eigenvalue weighted by molar-refractivity contribution is 7.17. The first kappa shape index (κ1) is 9.18. The molecule has 0 amide bonds. The van der Waals surface area contributed by atoms with Crippen molar-refractivity contribution in [1.82, 2.24) is 0 Å². The van der Waals surface area contributed by atoms with Crippen molar-refractivity contribution in [1.29, 1.82) is 0 Å². The van der Waals surface area contributed by atoms with Crippen LogP contribution in [0, 0.1) is 0 Å². The molecule has 0 aliphatic carbocycles. The Labute approximate surface area is 84.2 Å². The lowest BCUT2D eigenvalue weighted by Gasteiger charge is -2.02. The first-order chi connectivity index (χ1) is 6.70. The lowest BCUT2D eigenvalue weighted by atomic mass is 10.1. The van der Waals surface area contributed by atoms with Crippen molar-refractivity contribution in [3.63, 3.8) is 0 Å². The summed E-state index contributed by atoms with van der Waals surface area (Å²) in [6.45, 7) is 0. The van der Waals surface area contributed by atoms with E-state index in [4.69, 9.17) is 5.11 Å². The molecule has 0 bridgehead atoms. The summed E-state index contributed by atoms with van der Waals surface area (Å²) in [6, 6.07) is 7.42. The molecule has 2 N–H and O–H groups in total. The summed E-state index contributed by atoms with van der Waals surface area (Å²) < 4.78 is 0.989. The van der Waals surface area contributed by atoms with Gasteiger partial charge in [-0.05, 0) is 16.8 Å². The van der Waals surface area contributed by atoms with Crippen molar-refractivity contribution >= 4 is 27.4 Å². The molecule has 0 saturated heterocycles. The molecule has 2 rings (SSSR count). The molecule has 1 unspecified atom stereocenters. The van der Waals surface area contributed by atoms with Crippen molar-refractivity contribution in [2.45, 2.75) is 6.10 Å². The number of benzene rings is 1. The van der Waals surface area contributed by atoms with Crippen LogP contribution in [0.5, 0.6) is 0 Å². The normalized spacial score (nSPS) is 12.9. The number of carboxylic acids is 1. The first-order valence-corrected chi connectivity index (χ1v) is 4.95. The average molecular weight is 208 g/mol. The molecule has 1 aromatic heterocycles. The number of aliphatic hydroxyl groups excluding tert-OH is 1. The van der Waals surface area contributed by atoms with Gasteiger partial charge in [0.15, 0.2) is 6.10 Å². The van der Waals surface area contributed by atoms with E-state index < -0.39 is 12.1 Å². The van der Waals surface area contributed by atoms with Crippen LogP contribution < -0.4 is 0 Å². The van der Waals surface area contributed by atoms with Gasteiger partial charge in [0, 0.05) is 10.3 Å². The minimum atomic E-state index is -1.42. The lowest BCUT2D eigenvalue weighted by Crippen LogP contribution is -2.09. The average Bonchev–Trinajstić information content (AvgIpc) is 2.60. The third kappa shape index (κ3) is 1.38. The predicted octanol–water partition coefficient (Wildman–Crippen LogP) is 2.02. The fourth-order valence-electron chi connectivity index (χ4n) is 1.34. The fourth-order valence-corrected chi connectivity index (χ4v) is 2.32. The van der Waals surface area contributed by atoms with Crippen LogP contribution in [0.25, 0.3) is 10.1 Å². The number of rotatable bonds is 2. The van der Waals surface area contributed by atoms with Crippen LogP contribution in [0.3, 0.4) is 0 Å². The van der Waals surface area contributed by atoms with Crippen molar-refractivity contribution in [2.75, 3.05) is 0 Å². The van der Waals surface area contributed by atoms with Gasteiger partial charge in [-0.15, -0.1) is 11.3 Å². The summed E-state index contributed by atoms with van der Waals surface area (Å²) >= 11 is 1.44. The molecule has 4 heteroatoms. The molecule has 0 saturated carbocycles. The Morgan fingerprint density at radius 1 is 1.36 bits per heavy atom. The minimum Gasteiger partial charge on any atom is -0.479 e. The van der Waals surface area contributed by atoms with Gasteiger partial charge in [0.2, 0.25) is 0 Å². The number of carbonyl (C=O) groups is 1. The van der Waals surface area contributed by atoms with Gasteiger partial charge in [-0.2, -0.15) is 0 Å². The monoisotopic (exact) mass is 208 g/mol. The molecule has 0 aliphatic rings. The molecule has 1 heterocycles. The second-order valence-corrected chi connectivity index (χ2v) is 3.84. The Morgan fingerprint density at radius 2 is 2.07 bits per heavy atom. The van der Waals surface area contributed by atoms with E-state index in [1.54, 1.807) is 5.38 Å². The molecule has 0 aliphatic heterocycles. The molecular formula is C10H8O3S. The van der Waals surface area contributed by atoms with Gasteiger partial charge in [-0.3, -0.25) is 0 Å². The SMILES string of the molecule is O=C(O)C(O)c1csc2ccccc12. The molecule has 1 atom stereocenters. The van der Waals surface area contributed by atoms with E-state index in [1.807, 2.05) is 24.3 Å². The van der Waals surface area contributed by atoms with E-state index in [0.29, 0.717) is 5.56 Å². The Bertz CT molecular complexity index is 475. The standard InChI is InChI=1S/C10H8O3S/c11-9(10(12)13)7-5-14-8-4-2-1-3-6(7)8/h1-5,9,11H,(H,12,13). The van der Waals surface area contributed by atoms with Crippen LogP contribution in [0.4, 0.5) is 0 Å². The molecular weight excluding hydrogens is 200 g/mol. The van der Waals surface area contributed by atoms with E-state index in [1.165, 1.54) is 11.3 Å². The van der Waals surface area contributed by atoms with E-state index in [2.05, 4.69) is 0 Å². The maximum absolute atomic E-state index is 10.6. The topological polar surface area (TPSA) is 57.5 Å². The largest absolute Gasteiger partial charge is 0.479 e. The summed E-state index contributed by atoms with van der Waals surface area (Å²) in [7, 11) is 0. The van der Waals surface area contributed by atoms with Crippen LogP contribution in [0.1, 0.15) is 11.7 Å². The number of aliphatic carboxylic acids is 1. The summed E-state index contributed by atoms with van der Waals surface area (Å²) in [5.41, 5.74) is 0.470. The van der Waals surface area contributed by atoms with Gasteiger partial charge in [0.1, 0.15) is 0 Å². The minimum absolute atomic E-state index is 0.470. The van der Waals surface area contributed by atoms with Gasteiger partial charge in [0.05, 0.1) is 0 Å². The number of thiophene rings is 1. The van der Waals surface area contributed by atoms with Gasteiger partial charge in [-0.1, -0.05) is 18.2 Å². The maximum Gasteiger partial charge on any atom is 0.337 e. The second-order valence-electron chi connectivity index (χ2n) is 2.93. The summed E-state index contributed by atoms with van der Waals surface area (Å²) in [6.07, 6.45) is -1.42. The van der Waals surface area contributed by atoms with Crippen LogP contribution in [-0.4, -0.2) is 16.2 Å². The van der Waals surface area contributed by atoms with Gasteiger partial charge in [0.25, 0.3) is 0 Å². The van der Waals surface area contributed by atoms with Crippen molar-refractivity contribution < 1.29 is 15.0 Å². The summed E-state index contributed by atoms with van der Waals surface area (Å²) in [5, 5.41) is 20.6. The molecule has 3 nitrogen and oxygen atoms in total. The molecule has 0 radical (unpaired) electrons. The summed E-state index contributed by atoms with van der Waals surface area (Å²) in [5.74, 6) is -1.21. The number of hydrogen-bond acceptors (Lipinski definition) is 3.